The van der Waals surface area contributed by atoms with E-state index in [1.165, 1.54) is 13.0 Å². The summed E-state index contributed by atoms with van der Waals surface area (Å²) in [6.45, 7) is 16.4. The van der Waals surface area contributed by atoms with Gasteiger partial charge in [-0.2, -0.15) is 0 Å². The van der Waals surface area contributed by atoms with E-state index in [0.717, 1.165) is 24.4 Å². The summed E-state index contributed by atoms with van der Waals surface area (Å²) in [7, 11) is 0. The van der Waals surface area contributed by atoms with Crippen molar-refractivity contribution in [3.8, 4) is 0 Å². The minimum Gasteiger partial charge on any atom is -0.311 e. The molecule has 3 unspecified atom stereocenters. The number of hydrogen-bond donors (Lipinski definition) is 1. The zero-order chi connectivity index (χ0) is 12.3. The van der Waals surface area contributed by atoms with E-state index in [9.17, 15) is 0 Å². The first-order chi connectivity index (χ1) is 7.47. The van der Waals surface area contributed by atoms with Crippen LogP contribution in [0.2, 0.25) is 0 Å². The Bertz CT molecular complexity index is 201. The monoisotopic (exact) mass is 226 g/mol. The van der Waals surface area contributed by atoms with Gasteiger partial charge in [0.05, 0.1) is 0 Å². The lowest BCUT2D eigenvalue weighted by molar-refractivity contribution is 0.0504. The van der Waals surface area contributed by atoms with Crippen LogP contribution >= 0.6 is 0 Å². The molecule has 1 rings (SSSR count). The summed E-state index contributed by atoms with van der Waals surface area (Å²) >= 11 is 0. The van der Waals surface area contributed by atoms with Gasteiger partial charge in [0.2, 0.25) is 0 Å². The molecular weight excluding hydrogens is 196 g/mol. The number of nitrogens with zero attached hydrogens (tertiary/aromatic N) is 1. The first-order valence-corrected chi connectivity index (χ1v) is 6.96. The summed E-state index contributed by atoms with van der Waals surface area (Å²) in [6.07, 6.45) is 1.26. The SMILES string of the molecule is CCC(C)N1CC(C(C)C)NCC1C(C)C. The molecule has 0 amide bonds. The molecule has 96 valence electrons. The highest BCUT2D eigenvalue weighted by Crippen LogP contribution is 2.21. The number of hydrogen-bond acceptors (Lipinski definition) is 2. The zero-order valence-electron chi connectivity index (χ0n) is 12.0. The van der Waals surface area contributed by atoms with Crippen molar-refractivity contribution in [1.82, 2.24) is 10.2 Å². The van der Waals surface area contributed by atoms with Crippen LogP contribution in [0.5, 0.6) is 0 Å². The molecule has 2 heteroatoms. The van der Waals surface area contributed by atoms with Gasteiger partial charge in [0.25, 0.3) is 0 Å². The molecule has 2 nitrogen and oxygen atoms in total. The van der Waals surface area contributed by atoms with Gasteiger partial charge in [0.15, 0.2) is 0 Å². The van der Waals surface area contributed by atoms with Gasteiger partial charge in [0, 0.05) is 31.2 Å². The lowest BCUT2D eigenvalue weighted by Crippen LogP contribution is -2.61. The van der Waals surface area contributed by atoms with Crippen LogP contribution in [0.3, 0.4) is 0 Å². The Labute approximate surface area is 102 Å². The predicted molar refractivity (Wildman–Crippen MR) is 71.7 cm³/mol. The number of nitrogens with one attached hydrogen (secondary N) is 1. The van der Waals surface area contributed by atoms with Crippen LogP contribution in [0.4, 0.5) is 0 Å². The van der Waals surface area contributed by atoms with Gasteiger partial charge in [0.1, 0.15) is 0 Å². The van der Waals surface area contributed by atoms with Crippen LogP contribution in [-0.2, 0) is 0 Å². The Balaban J connectivity index is 2.69. The average Bonchev–Trinajstić information content (AvgIpc) is 2.26. The molecule has 0 aromatic heterocycles. The third-order valence-corrected chi connectivity index (χ3v) is 4.15. The van der Waals surface area contributed by atoms with Crippen molar-refractivity contribution in [2.45, 2.75) is 66.1 Å². The van der Waals surface area contributed by atoms with Gasteiger partial charge in [-0.25, -0.2) is 0 Å². The third kappa shape index (κ3) is 3.21. The van der Waals surface area contributed by atoms with Crippen molar-refractivity contribution in [3.05, 3.63) is 0 Å². The fourth-order valence-corrected chi connectivity index (χ4v) is 2.62. The summed E-state index contributed by atoms with van der Waals surface area (Å²) in [5.74, 6) is 1.48. The maximum absolute atomic E-state index is 3.72. The molecule has 0 bridgehead atoms. The van der Waals surface area contributed by atoms with Crippen molar-refractivity contribution in [3.63, 3.8) is 0 Å². The van der Waals surface area contributed by atoms with Gasteiger partial charge < -0.3 is 5.32 Å². The van der Waals surface area contributed by atoms with Crippen molar-refractivity contribution in [2.75, 3.05) is 13.1 Å². The van der Waals surface area contributed by atoms with E-state index in [4.69, 9.17) is 0 Å². The molecule has 0 spiro atoms. The topological polar surface area (TPSA) is 15.3 Å². The lowest BCUT2D eigenvalue weighted by atomic mass is 9.92. The standard InChI is InChI=1S/C14H30N2/c1-7-12(6)16-9-13(10(2)3)15-8-14(16)11(4)5/h10-15H,7-9H2,1-6H3. The highest BCUT2D eigenvalue weighted by atomic mass is 15.3. The van der Waals surface area contributed by atoms with Crippen LogP contribution in [0.15, 0.2) is 0 Å². The predicted octanol–water partition coefficient (Wildman–Crippen LogP) is 2.74. The summed E-state index contributed by atoms with van der Waals surface area (Å²) in [5.41, 5.74) is 0. The molecule has 1 heterocycles. The second kappa shape index (κ2) is 6.02. The highest BCUT2D eigenvalue weighted by Gasteiger charge is 2.32. The molecule has 0 radical (unpaired) electrons. The maximum atomic E-state index is 3.72. The van der Waals surface area contributed by atoms with Crippen LogP contribution in [0.25, 0.3) is 0 Å². The van der Waals surface area contributed by atoms with Gasteiger partial charge in [-0.3, -0.25) is 4.90 Å². The van der Waals surface area contributed by atoms with Crippen LogP contribution in [-0.4, -0.2) is 36.1 Å². The Morgan fingerprint density at radius 2 is 1.75 bits per heavy atom. The second-order valence-corrected chi connectivity index (χ2v) is 6.02. The molecule has 0 aromatic carbocycles. The Kier molecular flexibility index (Phi) is 5.26. The van der Waals surface area contributed by atoms with E-state index >= 15 is 0 Å². The molecular formula is C14H30N2. The number of piperazine rings is 1. The van der Waals surface area contributed by atoms with E-state index in [0.29, 0.717) is 12.1 Å². The largest absolute Gasteiger partial charge is 0.311 e. The Morgan fingerprint density at radius 1 is 1.12 bits per heavy atom. The van der Waals surface area contributed by atoms with Gasteiger partial charge >= 0.3 is 0 Å². The van der Waals surface area contributed by atoms with E-state index in [1.54, 1.807) is 0 Å². The minimum absolute atomic E-state index is 0.670. The quantitative estimate of drug-likeness (QED) is 0.793. The van der Waals surface area contributed by atoms with Crippen LogP contribution in [0, 0.1) is 11.8 Å². The smallest absolute Gasteiger partial charge is 0.0247 e. The molecule has 1 saturated heterocycles. The van der Waals surface area contributed by atoms with Gasteiger partial charge in [-0.15, -0.1) is 0 Å². The van der Waals surface area contributed by atoms with Gasteiger partial charge in [-0.1, -0.05) is 34.6 Å². The molecule has 1 aliphatic heterocycles. The van der Waals surface area contributed by atoms with E-state index in [1.807, 2.05) is 0 Å². The van der Waals surface area contributed by atoms with E-state index in [2.05, 4.69) is 51.8 Å². The fraction of sp³-hybridized carbons (Fsp3) is 1.00. The van der Waals surface area contributed by atoms with E-state index in [-0.39, 0.29) is 0 Å². The fourth-order valence-electron chi connectivity index (χ4n) is 2.62. The average molecular weight is 226 g/mol. The maximum Gasteiger partial charge on any atom is 0.0247 e. The Hall–Kier alpha value is -0.0800. The Morgan fingerprint density at radius 3 is 2.19 bits per heavy atom. The number of rotatable bonds is 4. The molecule has 1 aliphatic rings. The summed E-state index contributed by atoms with van der Waals surface area (Å²) < 4.78 is 0. The molecule has 0 aliphatic carbocycles. The van der Waals surface area contributed by atoms with Crippen molar-refractivity contribution < 1.29 is 0 Å². The zero-order valence-corrected chi connectivity index (χ0v) is 12.0. The minimum atomic E-state index is 0.670. The van der Waals surface area contributed by atoms with Gasteiger partial charge in [-0.05, 0) is 25.2 Å². The van der Waals surface area contributed by atoms with E-state index < -0.39 is 0 Å². The normalized spacial score (nSPS) is 30.0. The molecule has 0 aromatic rings. The highest BCUT2D eigenvalue weighted by molar-refractivity contribution is 4.90. The molecule has 1 N–H and O–H groups in total. The van der Waals surface area contributed by atoms with Crippen molar-refractivity contribution in [2.24, 2.45) is 11.8 Å². The summed E-state index contributed by atoms with van der Waals surface area (Å²) in [5, 5.41) is 3.72. The lowest BCUT2D eigenvalue weighted by Gasteiger charge is -2.46. The first kappa shape index (κ1) is 14.0. The van der Waals surface area contributed by atoms with Crippen molar-refractivity contribution >= 4 is 0 Å². The summed E-state index contributed by atoms with van der Waals surface area (Å²) in [4.78, 5) is 2.73. The molecule has 16 heavy (non-hydrogen) atoms. The van der Waals surface area contributed by atoms with Crippen molar-refractivity contribution in [1.29, 1.82) is 0 Å². The molecule has 3 atom stereocenters. The summed E-state index contributed by atoms with van der Waals surface area (Å²) in [6, 6.07) is 2.10. The first-order valence-electron chi connectivity index (χ1n) is 6.96. The molecule has 1 fully saturated rings. The van der Waals surface area contributed by atoms with Crippen LogP contribution in [0.1, 0.15) is 48.0 Å². The third-order valence-electron chi connectivity index (χ3n) is 4.15. The second-order valence-electron chi connectivity index (χ2n) is 6.02. The van der Waals surface area contributed by atoms with Crippen LogP contribution < -0.4 is 5.32 Å². The molecule has 0 saturated carbocycles.